The summed E-state index contributed by atoms with van der Waals surface area (Å²) in [7, 11) is 2.15. The van der Waals surface area contributed by atoms with E-state index in [2.05, 4.69) is 41.1 Å². The number of aryl methyl sites for hydroxylation is 1. The first kappa shape index (κ1) is 21.8. The number of nitriles is 1. The van der Waals surface area contributed by atoms with E-state index < -0.39 is 0 Å². The molecule has 8 nitrogen and oxygen atoms in total. The molecule has 2 aromatic heterocycles. The van der Waals surface area contributed by atoms with E-state index >= 15 is 0 Å². The number of fused-ring (bicyclic) bond motifs is 1. The van der Waals surface area contributed by atoms with Crippen LogP contribution in [-0.4, -0.2) is 45.8 Å². The molecule has 3 atom stereocenters. The lowest BCUT2D eigenvalue weighted by Gasteiger charge is -2.52. The first-order valence-electron chi connectivity index (χ1n) is 13.0. The van der Waals surface area contributed by atoms with Crippen LogP contribution in [0.5, 0.6) is 5.88 Å². The fraction of sp³-hybridized carbons (Fsp3) is 0.500. The predicted octanol–water partition coefficient (Wildman–Crippen LogP) is 4.19. The molecule has 0 amide bonds. The highest BCUT2D eigenvalue weighted by atomic mass is 16.5. The first-order valence-corrected chi connectivity index (χ1v) is 13.0. The van der Waals surface area contributed by atoms with Crippen molar-refractivity contribution in [2.75, 3.05) is 19.3 Å². The van der Waals surface area contributed by atoms with Gasteiger partial charge in [-0.05, 0) is 88.1 Å². The number of likely N-dealkylation sites (N-methyl/N-ethyl adjacent to an activating group) is 1. The van der Waals surface area contributed by atoms with Gasteiger partial charge in [-0.25, -0.2) is 4.98 Å². The lowest BCUT2D eigenvalue weighted by molar-refractivity contribution is 0.117. The van der Waals surface area contributed by atoms with Gasteiger partial charge in [-0.2, -0.15) is 10.2 Å². The van der Waals surface area contributed by atoms with E-state index in [0.29, 0.717) is 46.6 Å². The van der Waals surface area contributed by atoms with E-state index in [1.165, 1.54) is 12.0 Å². The van der Waals surface area contributed by atoms with E-state index in [1.54, 1.807) is 6.20 Å². The number of nitrogens with zero attached hydrogens (tertiary/aromatic N) is 5. The van der Waals surface area contributed by atoms with Gasteiger partial charge in [0, 0.05) is 35.0 Å². The van der Waals surface area contributed by atoms with Crippen molar-refractivity contribution >= 4 is 5.69 Å². The Morgan fingerprint density at radius 3 is 2.94 bits per heavy atom. The topological polar surface area (TPSA) is 114 Å². The highest BCUT2D eigenvalue weighted by Gasteiger charge is 2.61. The molecular formula is C28H30N6O2. The number of aromatic nitrogens is 3. The second-order valence-corrected chi connectivity index (χ2v) is 11.0. The zero-order chi connectivity index (χ0) is 24.6. The van der Waals surface area contributed by atoms with E-state index in [9.17, 15) is 5.26 Å². The van der Waals surface area contributed by atoms with Crippen molar-refractivity contribution in [3.63, 3.8) is 0 Å². The Kier molecular flexibility index (Phi) is 4.71. The summed E-state index contributed by atoms with van der Waals surface area (Å²) in [5, 5.41) is 14.7. The number of benzene rings is 1. The minimum absolute atomic E-state index is 0.0319. The largest absolute Gasteiger partial charge is 0.473 e. The van der Waals surface area contributed by atoms with Crippen molar-refractivity contribution in [1.82, 2.24) is 20.0 Å². The van der Waals surface area contributed by atoms with Gasteiger partial charge in [0.05, 0.1) is 11.3 Å². The molecule has 3 aromatic rings. The lowest BCUT2D eigenvalue weighted by atomic mass is 9.49. The van der Waals surface area contributed by atoms with Crippen molar-refractivity contribution in [2.45, 2.75) is 68.9 Å². The highest BCUT2D eigenvalue weighted by molar-refractivity contribution is 5.69. The Hall–Kier alpha value is -3.44. The van der Waals surface area contributed by atoms with Crippen LogP contribution >= 0.6 is 0 Å². The zero-order valence-electron chi connectivity index (χ0n) is 20.7. The standard InChI is InChI=1S/C28H30N6O2/c1-15(21-4-3-11-34(21)2)35-22-8-10-31-27(32-22)25-23-17-12-18(13-17)28(26(23)33-36-25)9-7-16-5-6-20(30)19(14-29)24(16)28/h5-6,8,10,15,17-18,21H,3-4,7,9,11-13,30H2,1-2H3/t15-,17?,18?,21-,28+/m0/s1. The number of nitrogens with two attached hydrogens (primary N) is 1. The molecule has 2 bridgehead atoms. The van der Waals surface area contributed by atoms with Gasteiger partial charge in [0.15, 0.2) is 0 Å². The molecule has 5 aliphatic rings. The molecule has 8 rings (SSSR count). The Labute approximate surface area is 210 Å². The van der Waals surface area contributed by atoms with Crippen molar-refractivity contribution in [2.24, 2.45) is 5.92 Å². The summed E-state index contributed by atoms with van der Waals surface area (Å²) < 4.78 is 12.3. The van der Waals surface area contributed by atoms with Gasteiger partial charge in [0.1, 0.15) is 12.2 Å². The van der Waals surface area contributed by atoms with E-state index in [1.807, 2.05) is 12.1 Å². The van der Waals surface area contributed by atoms with Crippen LogP contribution in [0.1, 0.15) is 72.9 Å². The van der Waals surface area contributed by atoms with Crippen LogP contribution in [-0.2, 0) is 11.8 Å². The van der Waals surface area contributed by atoms with Gasteiger partial charge in [-0.1, -0.05) is 11.2 Å². The molecule has 1 saturated carbocycles. The maximum Gasteiger partial charge on any atom is 0.217 e. The lowest BCUT2D eigenvalue weighted by Crippen LogP contribution is -2.48. The molecular weight excluding hydrogens is 452 g/mol. The van der Waals surface area contributed by atoms with Gasteiger partial charge >= 0.3 is 0 Å². The van der Waals surface area contributed by atoms with Crippen LogP contribution in [0.4, 0.5) is 5.69 Å². The average Bonchev–Trinajstić information content (AvgIpc) is 3.57. The summed E-state index contributed by atoms with van der Waals surface area (Å²) in [6.07, 6.45) is 8.05. The van der Waals surface area contributed by atoms with Gasteiger partial charge < -0.3 is 15.0 Å². The van der Waals surface area contributed by atoms with E-state index in [0.717, 1.165) is 55.5 Å². The molecule has 4 aliphatic carbocycles. The molecule has 184 valence electrons. The molecule has 0 radical (unpaired) electrons. The fourth-order valence-electron chi connectivity index (χ4n) is 7.53. The summed E-state index contributed by atoms with van der Waals surface area (Å²) in [6, 6.07) is 8.54. The number of ether oxygens (including phenoxy) is 1. The van der Waals surface area contributed by atoms with Crippen LogP contribution in [0.2, 0.25) is 0 Å². The molecule has 1 aliphatic heterocycles. The van der Waals surface area contributed by atoms with Gasteiger partial charge in [-0.15, -0.1) is 0 Å². The summed E-state index contributed by atoms with van der Waals surface area (Å²) in [5.41, 5.74) is 11.4. The number of hydrogen-bond acceptors (Lipinski definition) is 8. The van der Waals surface area contributed by atoms with Crippen molar-refractivity contribution in [1.29, 1.82) is 5.26 Å². The zero-order valence-corrected chi connectivity index (χ0v) is 20.7. The maximum absolute atomic E-state index is 10.0. The molecule has 1 spiro atoms. The Morgan fingerprint density at radius 1 is 1.31 bits per heavy atom. The minimum Gasteiger partial charge on any atom is -0.473 e. The molecule has 8 heteroatoms. The van der Waals surface area contributed by atoms with Crippen LogP contribution < -0.4 is 10.5 Å². The summed E-state index contributed by atoms with van der Waals surface area (Å²) in [6.45, 7) is 3.21. The van der Waals surface area contributed by atoms with Crippen LogP contribution in [0, 0.1) is 17.2 Å². The monoisotopic (exact) mass is 482 g/mol. The third-order valence-corrected chi connectivity index (χ3v) is 9.32. The van der Waals surface area contributed by atoms with Crippen molar-refractivity contribution in [3.8, 4) is 23.5 Å². The Morgan fingerprint density at radius 2 is 2.17 bits per heavy atom. The number of rotatable bonds is 4. The normalized spacial score (nSPS) is 28.9. The number of hydrogen-bond donors (Lipinski definition) is 1. The maximum atomic E-state index is 10.0. The van der Waals surface area contributed by atoms with Gasteiger partial charge in [0.2, 0.25) is 17.5 Å². The molecule has 36 heavy (non-hydrogen) atoms. The van der Waals surface area contributed by atoms with Crippen LogP contribution in [0.25, 0.3) is 11.6 Å². The molecule has 1 aromatic carbocycles. The summed E-state index contributed by atoms with van der Waals surface area (Å²) >= 11 is 0. The van der Waals surface area contributed by atoms with Crippen LogP contribution in [0.3, 0.4) is 0 Å². The molecule has 3 heterocycles. The second-order valence-electron chi connectivity index (χ2n) is 11.0. The Balaban J connectivity index is 1.28. The molecule has 2 fully saturated rings. The van der Waals surface area contributed by atoms with Crippen LogP contribution in [0.15, 0.2) is 28.9 Å². The SMILES string of the molecule is C[C@H](Oc1ccnc(-c2onc3c2C2CC(C2)[C@@]32CCc3ccc(N)c(C#N)c32)n1)[C@@H]1CCCN1C. The third-order valence-electron chi connectivity index (χ3n) is 9.32. The Bertz CT molecular complexity index is 1400. The van der Waals surface area contributed by atoms with E-state index in [4.69, 9.17) is 20.0 Å². The predicted molar refractivity (Wildman–Crippen MR) is 133 cm³/mol. The summed E-state index contributed by atoms with van der Waals surface area (Å²) in [5.74, 6) is 2.54. The van der Waals surface area contributed by atoms with Crippen molar-refractivity contribution in [3.05, 3.63) is 52.3 Å². The molecule has 0 unspecified atom stereocenters. The number of likely N-dealkylation sites (tertiary alicyclic amines) is 1. The van der Waals surface area contributed by atoms with Gasteiger partial charge in [0.25, 0.3) is 0 Å². The number of anilines is 1. The minimum atomic E-state index is -0.322. The van der Waals surface area contributed by atoms with E-state index in [-0.39, 0.29) is 11.5 Å². The quantitative estimate of drug-likeness (QED) is 0.551. The molecule has 2 N–H and O–H groups in total. The molecule has 1 saturated heterocycles. The third kappa shape index (κ3) is 2.86. The van der Waals surface area contributed by atoms with Crippen molar-refractivity contribution < 1.29 is 9.26 Å². The number of nitrogen functional groups attached to an aromatic ring is 1. The second kappa shape index (κ2) is 7.78. The average molecular weight is 483 g/mol. The van der Waals surface area contributed by atoms with Gasteiger partial charge in [-0.3, -0.25) is 4.90 Å². The highest BCUT2D eigenvalue weighted by Crippen LogP contribution is 2.66. The summed E-state index contributed by atoms with van der Waals surface area (Å²) in [4.78, 5) is 11.7. The smallest absolute Gasteiger partial charge is 0.217 e. The fourth-order valence-corrected chi connectivity index (χ4v) is 7.53. The first-order chi connectivity index (χ1) is 17.5.